The van der Waals surface area contributed by atoms with E-state index < -0.39 is 0 Å². The average Bonchev–Trinajstić information content (AvgIpc) is 2.49. The Balaban J connectivity index is 1.99. The third kappa shape index (κ3) is 4.32. The molecule has 6 heteroatoms. The molecule has 0 aromatic heterocycles. The maximum absolute atomic E-state index is 12.2. The normalized spacial score (nSPS) is 11.8. The van der Waals surface area contributed by atoms with Gasteiger partial charge < -0.3 is 15.8 Å². The van der Waals surface area contributed by atoms with Crippen molar-refractivity contribution in [3.05, 3.63) is 47.5 Å². The highest BCUT2D eigenvalue weighted by Gasteiger charge is 2.15. The lowest BCUT2D eigenvalue weighted by Gasteiger charge is -2.13. The van der Waals surface area contributed by atoms with Gasteiger partial charge in [-0.25, -0.2) is 0 Å². The summed E-state index contributed by atoms with van der Waals surface area (Å²) in [6.45, 7) is 1.85. The van der Waals surface area contributed by atoms with E-state index in [-0.39, 0.29) is 11.2 Å². The second-order valence-electron chi connectivity index (χ2n) is 4.67. The lowest BCUT2D eigenvalue weighted by atomic mass is 10.3. The largest absolute Gasteiger partial charge is 0.495 e. The number of carbonyl (C=O) groups excluding carboxylic acids is 1. The SMILES string of the molecule is COc1ccc(NC(=O)C(C)Sc2ccc(N)cc2)cc1Cl. The summed E-state index contributed by atoms with van der Waals surface area (Å²) in [6, 6.07) is 12.6. The number of benzene rings is 2. The highest BCUT2D eigenvalue weighted by Crippen LogP contribution is 2.28. The summed E-state index contributed by atoms with van der Waals surface area (Å²) >= 11 is 7.51. The first-order chi connectivity index (χ1) is 10.5. The van der Waals surface area contributed by atoms with Crippen molar-refractivity contribution < 1.29 is 9.53 Å². The van der Waals surface area contributed by atoms with Crippen LogP contribution in [0.1, 0.15) is 6.92 Å². The smallest absolute Gasteiger partial charge is 0.237 e. The van der Waals surface area contributed by atoms with Crippen LogP contribution < -0.4 is 15.8 Å². The maximum atomic E-state index is 12.2. The fraction of sp³-hybridized carbons (Fsp3) is 0.188. The zero-order valence-corrected chi connectivity index (χ0v) is 13.9. The van der Waals surface area contributed by atoms with Gasteiger partial charge >= 0.3 is 0 Å². The standard InChI is InChI=1S/C16H17ClN2O2S/c1-10(22-13-6-3-11(18)4-7-13)16(20)19-12-5-8-15(21-2)14(17)9-12/h3-10H,18H2,1-2H3,(H,19,20). The molecule has 3 N–H and O–H groups in total. The van der Waals surface area contributed by atoms with Crippen LogP contribution in [0.2, 0.25) is 5.02 Å². The van der Waals surface area contributed by atoms with Gasteiger partial charge in [-0.15, -0.1) is 11.8 Å². The van der Waals surface area contributed by atoms with E-state index in [4.69, 9.17) is 22.1 Å². The monoisotopic (exact) mass is 336 g/mol. The van der Waals surface area contributed by atoms with Gasteiger partial charge in [0, 0.05) is 16.3 Å². The van der Waals surface area contributed by atoms with Crippen LogP contribution in [0, 0.1) is 0 Å². The molecule has 4 nitrogen and oxygen atoms in total. The van der Waals surface area contributed by atoms with Crippen molar-refractivity contribution in [2.75, 3.05) is 18.2 Å². The Kier molecular flexibility index (Phi) is 5.57. The number of anilines is 2. The Labute approximate surface area is 139 Å². The molecule has 0 saturated heterocycles. The van der Waals surface area contributed by atoms with E-state index in [9.17, 15) is 4.79 Å². The lowest BCUT2D eigenvalue weighted by Crippen LogP contribution is -2.22. The third-order valence-corrected chi connectivity index (χ3v) is 4.39. The number of ether oxygens (including phenoxy) is 1. The van der Waals surface area contributed by atoms with Gasteiger partial charge in [0.2, 0.25) is 5.91 Å². The first-order valence-corrected chi connectivity index (χ1v) is 7.92. The minimum absolute atomic E-state index is 0.0944. The molecule has 1 atom stereocenters. The van der Waals surface area contributed by atoms with E-state index in [0.717, 1.165) is 4.90 Å². The van der Waals surface area contributed by atoms with Gasteiger partial charge in [0.05, 0.1) is 17.4 Å². The van der Waals surface area contributed by atoms with Gasteiger partial charge in [0.15, 0.2) is 0 Å². The van der Waals surface area contributed by atoms with E-state index in [1.165, 1.54) is 11.8 Å². The Bertz CT molecular complexity index is 662. The Morgan fingerprint density at radius 2 is 1.95 bits per heavy atom. The van der Waals surface area contributed by atoms with Crippen LogP contribution in [0.15, 0.2) is 47.4 Å². The van der Waals surface area contributed by atoms with Crippen molar-refractivity contribution >= 4 is 40.6 Å². The summed E-state index contributed by atoms with van der Waals surface area (Å²) in [4.78, 5) is 13.2. The molecule has 22 heavy (non-hydrogen) atoms. The summed E-state index contributed by atoms with van der Waals surface area (Å²) in [5, 5.41) is 3.05. The van der Waals surface area contributed by atoms with Crippen molar-refractivity contribution in [2.45, 2.75) is 17.1 Å². The van der Waals surface area contributed by atoms with Crippen LogP contribution in [-0.2, 0) is 4.79 Å². The van der Waals surface area contributed by atoms with Crippen molar-refractivity contribution in [3.8, 4) is 5.75 Å². The van der Waals surface area contributed by atoms with E-state index in [1.54, 1.807) is 25.3 Å². The maximum Gasteiger partial charge on any atom is 0.237 e. The van der Waals surface area contributed by atoms with Crippen LogP contribution in [0.4, 0.5) is 11.4 Å². The second-order valence-corrected chi connectivity index (χ2v) is 6.49. The highest BCUT2D eigenvalue weighted by molar-refractivity contribution is 8.00. The van der Waals surface area contributed by atoms with Crippen LogP contribution in [-0.4, -0.2) is 18.3 Å². The van der Waals surface area contributed by atoms with Crippen molar-refractivity contribution in [1.29, 1.82) is 0 Å². The van der Waals surface area contributed by atoms with Crippen LogP contribution in [0.5, 0.6) is 5.75 Å². The predicted molar refractivity (Wildman–Crippen MR) is 92.8 cm³/mol. The first kappa shape index (κ1) is 16.5. The molecule has 1 amide bonds. The minimum Gasteiger partial charge on any atom is -0.495 e. The van der Waals surface area contributed by atoms with Crippen molar-refractivity contribution in [3.63, 3.8) is 0 Å². The number of thioether (sulfide) groups is 1. The molecule has 1 unspecified atom stereocenters. The average molecular weight is 337 g/mol. The number of rotatable bonds is 5. The molecule has 0 aliphatic carbocycles. The van der Waals surface area contributed by atoms with E-state index in [0.29, 0.717) is 22.1 Å². The quantitative estimate of drug-likeness (QED) is 0.638. The van der Waals surface area contributed by atoms with Crippen molar-refractivity contribution in [1.82, 2.24) is 0 Å². The lowest BCUT2D eigenvalue weighted by molar-refractivity contribution is -0.115. The summed E-state index contributed by atoms with van der Waals surface area (Å²) < 4.78 is 5.08. The molecule has 0 aliphatic heterocycles. The van der Waals surface area contributed by atoms with E-state index >= 15 is 0 Å². The topological polar surface area (TPSA) is 64.3 Å². The number of methoxy groups -OCH3 is 1. The zero-order chi connectivity index (χ0) is 16.1. The number of carbonyl (C=O) groups is 1. The Morgan fingerprint density at radius 3 is 2.55 bits per heavy atom. The summed E-state index contributed by atoms with van der Waals surface area (Å²) in [5.74, 6) is 0.479. The Morgan fingerprint density at radius 1 is 1.27 bits per heavy atom. The molecule has 0 aliphatic rings. The fourth-order valence-electron chi connectivity index (χ4n) is 1.79. The first-order valence-electron chi connectivity index (χ1n) is 6.66. The number of halogens is 1. The number of hydrogen-bond donors (Lipinski definition) is 2. The molecule has 0 spiro atoms. The van der Waals surface area contributed by atoms with Gasteiger partial charge in [0.1, 0.15) is 5.75 Å². The molecule has 0 saturated carbocycles. The van der Waals surface area contributed by atoms with E-state index in [1.807, 2.05) is 31.2 Å². The molecular weight excluding hydrogens is 320 g/mol. The number of nitrogens with two attached hydrogens (primary N) is 1. The third-order valence-electron chi connectivity index (χ3n) is 2.98. The molecule has 116 valence electrons. The summed E-state index contributed by atoms with van der Waals surface area (Å²) in [5.41, 5.74) is 6.99. The highest BCUT2D eigenvalue weighted by atomic mass is 35.5. The van der Waals surface area contributed by atoms with Crippen molar-refractivity contribution in [2.24, 2.45) is 0 Å². The van der Waals surface area contributed by atoms with Gasteiger partial charge in [-0.2, -0.15) is 0 Å². The fourth-order valence-corrected chi connectivity index (χ4v) is 2.92. The van der Waals surface area contributed by atoms with Crippen LogP contribution in [0.3, 0.4) is 0 Å². The van der Waals surface area contributed by atoms with Gasteiger partial charge in [-0.05, 0) is 49.4 Å². The number of hydrogen-bond acceptors (Lipinski definition) is 4. The summed E-state index contributed by atoms with van der Waals surface area (Å²) in [7, 11) is 1.55. The molecule has 2 aromatic rings. The molecule has 0 bridgehead atoms. The van der Waals surface area contributed by atoms with Crippen LogP contribution >= 0.6 is 23.4 Å². The van der Waals surface area contributed by atoms with E-state index in [2.05, 4.69) is 5.32 Å². The summed E-state index contributed by atoms with van der Waals surface area (Å²) in [6.07, 6.45) is 0. The van der Waals surface area contributed by atoms with Gasteiger partial charge in [-0.3, -0.25) is 4.79 Å². The molecule has 2 aromatic carbocycles. The minimum atomic E-state index is -0.246. The second kappa shape index (κ2) is 7.42. The van der Waals surface area contributed by atoms with Gasteiger partial charge in [0.25, 0.3) is 0 Å². The molecule has 0 heterocycles. The number of nitrogens with one attached hydrogen (secondary N) is 1. The molecule has 2 rings (SSSR count). The molecule has 0 radical (unpaired) electrons. The van der Waals surface area contributed by atoms with Crippen LogP contribution in [0.25, 0.3) is 0 Å². The number of amides is 1. The molecule has 0 fully saturated rings. The Hall–Kier alpha value is -1.85. The molecular formula is C16H17ClN2O2S. The predicted octanol–water partition coefficient (Wildman–Crippen LogP) is 4.05. The zero-order valence-electron chi connectivity index (χ0n) is 12.3. The number of nitrogen functional groups attached to an aromatic ring is 1. The van der Waals surface area contributed by atoms with Gasteiger partial charge in [-0.1, -0.05) is 11.6 Å².